The Balaban J connectivity index is 0.000000528. The Hall–Kier alpha value is -1.78. The second-order valence-corrected chi connectivity index (χ2v) is 7.71. The molecule has 0 saturated heterocycles. The molecule has 0 saturated carbocycles. The van der Waals surface area contributed by atoms with Crippen LogP contribution in [-0.2, 0) is 0 Å². The summed E-state index contributed by atoms with van der Waals surface area (Å²) < 4.78 is 0. The van der Waals surface area contributed by atoms with E-state index in [0.717, 1.165) is 10.7 Å². The maximum absolute atomic E-state index is 4.62. The lowest BCUT2D eigenvalue weighted by molar-refractivity contribution is 1.06. The molecule has 4 heteroatoms. The van der Waals surface area contributed by atoms with E-state index in [4.69, 9.17) is 0 Å². The van der Waals surface area contributed by atoms with Gasteiger partial charge in [-0.25, -0.2) is 0 Å². The van der Waals surface area contributed by atoms with E-state index in [9.17, 15) is 0 Å². The summed E-state index contributed by atoms with van der Waals surface area (Å²) in [5.74, 6) is 0. The second-order valence-electron chi connectivity index (χ2n) is 5.14. The third kappa shape index (κ3) is 4.07. The molecule has 2 aromatic heterocycles. The fraction of sp³-hybridized carbons (Fsp3) is 0.333. The van der Waals surface area contributed by atoms with Gasteiger partial charge in [-0.05, 0) is 38.1 Å². The fourth-order valence-corrected chi connectivity index (χ4v) is 4.42. The summed E-state index contributed by atoms with van der Waals surface area (Å²) in [5.41, 5.74) is 2.42. The van der Waals surface area contributed by atoms with Gasteiger partial charge in [0.05, 0.1) is 10.7 Å². The van der Waals surface area contributed by atoms with Crippen LogP contribution in [0.25, 0.3) is 20.9 Å². The second kappa shape index (κ2) is 9.07. The third-order valence-electron chi connectivity index (χ3n) is 3.62. The predicted molar refractivity (Wildman–Crippen MR) is 112 cm³/mol. The van der Waals surface area contributed by atoms with Crippen molar-refractivity contribution >= 4 is 22.7 Å². The molecule has 0 amide bonds. The average molecular weight is 371 g/mol. The molecular formula is C21H26N2S2. The lowest BCUT2D eigenvalue weighted by Crippen LogP contribution is -2.25. The van der Waals surface area contributed by atoms with Crippen LogP contribution >= 0.6 is 22.7 Å². The third-order valence-corrected chi connectivity index (χ3v) is 5.69. The smallest absolute Gasteiger partial charge is 0.130 e. The zero-order chi connectivity index (χ0) is 18.4. The molecule has 3 aromatic rings. The number of benzene rings is 1. The van der Waals surface area contributed by atoms with Gasteiger partial charge in [0.15, 0.2) is 0 Å². The van der Waals surface area contributed by atoms with Crippen molar-refractivity contribution in [1.82, 2.24) is 0 Å². The molecular weight excluding hydrogens is 344 g/mol. The highest BCUT2D eigenvalue weighted by Crippen LogP contribution is 2.28. The Kier molecular flexibility index (Phi) is 7.09. The Morgan fingerprint density at radius 3 is 1.36 bits per heavy atom. The maximum Gasteiger partial charge on any atom is 0.130 e. The van der Waals surface area contributed by atoms with Crippen LogP contribution in [0.4, 0.5) is 0 Å². The van der Waals surface area contributed by atoms with E-state index < -0.39 is 0 Å². The number of hydrogen-bond acceptors (Lipinski definition) is 4. The maximum atomic E-state index is 4.62. The van der Waals surface area contributed by atoms with Crippen molar-refractivity contribution in [3.05, 3.63) is 56.9 Å². The number of thiophene rings is 2. The standard InChI is InChI=1S/C17H14N2S2.2C2H6/c1-10-3-7-14(20-10)12-5-6-13(15-8-4-11(2)21-15)17-16(12)18-9-19-17;2*1-2/h3-8H,9H2,1-2H3;2*1-2H3. The molecule has 0 fully saturated rings. The molecule has 0 unspecified atom stereocenters. The van der Waals surface area contributed by atoms with Gasteiger partial charge in [0.1, 0.15) is 6.67 Å². The highest BCUT2D eigenvalue weighted by molar-refractivity contribution is 7.15. The highest BCUT2D eigenvalue weighted by Gasteiger charge is 2.13. The summed E-state index contributed by atoms with van der Waals surface area (Å²) in [7, 11) is 0. The van der Waals surface area contributed by atoms with Crippen LogP contribution < -0.4 is 10.7 Å². The van der Waals surface area contributed by atoms with E-state index >= 15 is 0 Å². The average Bonchev–Trinajstić information content (AvgIpc) is 3.38. The fourth-order valence-electron chi connectivity index (χ4n) is 2.63. The Bertz CT molecular complexity index is 871. The van der Waals surface area contributed by atoms with E-state index in [1.54, 1.807) is 0 Å². The molecule has 25 heavy (non-hydrogen) atoms. The Morgan fingerprint density at radius 2 is 1.04 bits per heavy atom. The predicted octanol–water partition coefficient (Wildman–Crippen LogP) is 6.02. The van der Waals surface area contributed by atoms with E-state index in [1.165, 1.54) is 30.6 Å². The Labute approximate surface area is 158 Å². The minimum atomic E-state index is 0.550. The van der Waals surface area contributed by atoms with Gasteiger partial charge in [-0.1, -0.05) is 39.8 Å². The van der Waals surface area contributed by atoms with Gasteiger partial charge in [0.2, 0.25) is 0 Å². The number of fused-ring (bicyclic) bond motifs is 1. The summed E-state index contributed by atoms with van der Waals surface area (Å²) >= 11 is 3.63. The number of nitrogens with zero attached hydrogens (tertiary/aromatic N) is 2. The molecule has 0 spiro atoms. The summed E-state index contributed by atoms with van der Waals surface area (Å²) in [6.07, 6.45) is 0. The van der Waals surface area contributed by atoms with E-state index in [-0.39, 0.29) is 0 Å². The normalized spacial score (nSPS) is 11.3. The lowest BCUT2D eigenvalue weighted by Gasteiger charge is -2.02. The van der Waals surface area contributed by atoms with Crippen LogP contribution in [0.2, 0.25) is 0 Å². The van der Waals surface area contributed by atoms with Crippen LogP contribution in [0, 0.1) is 13.8 Å². The first-order chi connectivity index (χ1) is 12.2. The molecule has 1 aliphatic rings. The molecule has 3 heterocycles. The quantitative estimate of drug-likeness (QED) is 0.527. The van der Waals surface area contributed by atoms with Gasteiger partial charge < -0.3 is 0 Å². The zero-order valence-electron chi connectivity index (χ0n) is 15.9. The molecule has 132 valence electrons. The molecule has 0 aliphatic carbocycles. The lowest BCUT2D eigenvalue weighted by atomic mass is 10.1. The monoisotopic (exact) mass is 370 g/mol. The van der Waals surface area contributed by atoms with Gasteiger partial charge in [-0.3, -0.25) is 9.98 Å². The summed E-state index contributed by atoms with van der Waals surface area (Å²) in [4.78, 5) is 14.4. The molecule has 1 aliphatic heterocycles. The van der Waals surface area contributed by atoms with E-state index in [0.29, 0.717) is 6.67 Å². The van der Waals surface area contributed by atoms with E-state index in [1.807, 2.05) is 50.4 Å². The molecule has 2 nitrogen and oxygen atoms in total. The van der Waals surface area contributed by atoms with Crippen LogP contribution in [0.3, 0.4) is 0 Å². The van der Waals surface area contributed by atoms with Crippen molar-refractivity contribution in [3.8, 4) is 20.9 Å². The van der Waals surface area contributed by atoms with Gasteiger partial charge in [-0.2, -0.15) is 0 Å². The highest BCUT2D eigenvalue weighted by atomic mass is 32.1. The topological polar surface area (TPSA) is 24.7 Å². The van der Waals surface area contributed by atoms with Crippen molar-refractivity contribution in [2.75, 3.05) is 6.67 Å². The first-order valence-corrected chi connectivity index (χ1v) is 10.5. The largest absolute Gasteiger partial charge is 0.259 e. The zero-order valence-corrected chi connectivity index (χ0v) is 17.5. The summed E-state index contributed by atoms with van der Waals surface area (Å²) in [6.45, 7) is 12.8. The molecule has 0 N–H and O–H groups in total. The summed E-state index contributed by atoms with van der Waals surface area (Å²) in [5, 5.41) is 2.11. The van der Waals surface area contributed by atoms with Crippen molar-refractivity contribution in [1.29, 1.82) is 0 Å². The minimum absolute atomic E-state index is 0.550. The SMILES string of the molecule is CC.CC.Cc1ccc(-c2ccc(-c3ccc(C)s3)c3c2=NCN=3)s1. The van der Waals surface area contributed by atoms with Crippen LogP contribution in [-0.4, -0.2) is 6.67 Å². The van der Waals surface area contributed by atoms with Crippen LogP contribution in [0.15, 0.2) is 46.4 Å². The van der Waals surface area contributed by atoms with Crippen LogP contribution in [0.1, 0.15) is 37.4 Å². The van der Waals surface area contributed by atoms with Crippen molar-refractivity contribution in [3.63, 3.8) is 0 Å². The number of rotatable bonds is 2. The number of hydrogen-bond donors (Lipinski definition) is 0. The van der Waals surface area contributed by atoms with Gasteiger partial charge >= 0.3 is 0 Å². The molecule has 1 aromatic carbocycles. The van der Waals surface area contributed by atoms with E-state index in [2.05, 4.69) is 60.2 Å². The van der Waals surface area contributed by atoms with Crippen molar-refractivity contribution < 1.29 is 0 Å². The minimum Gasteiger partial charge on any atom is -0.259 e. The van der Waals surface area contributed by atoms with Gasteiger partial charge in [-0.15, -0.1) is 22.7 Å². The molecule has 0 atom stereocenters. The molecule has 4 rings (SSSR count). The molecule has 0 radical (unpaired) electrons. The van der Waals surface area contributed by atoms with Crippen LogP contribution in [0.5, 0.6) is 0 Å². The Morgan fingerprint density at radius 1 is 0.640 bits per heavy atom. The van der Waals surface area contributed by atoms with Crippen molar-refractivity contribution in [2.45, 2.75) is 41.5 Å². The number of aryl methyl sites for hydroxylation is 2. The summed E-state index contributed by atoms with van der Waals surface area (Å²) in [6, 6.07) is 13.1. The molecule has 0 bridgehead atoms. The van der Waals surface area contributed by atoms with Crippen molar-refractivity contribution in [2.24, 2.45) is 9.98 Å². The van der Waals surface area contributed by atoms with Gasteiger partial charge in [0, 0.05) is 30.6 Å². The first kappa shape index (κ1) is 19.5. The van der Waals surface area contributed by atoms with Gasteiger partial charge in [0.25, 0.3) is 0 Å². The first-order valence-electron chi connectivity index (χ1n) is 8.88.